The lowest BCUT2D eigenvalue weighted by Crippen LogP contribution is -2.27. The number of hydrogen-bond donors (Lipinski definition) is 2. The van der Waals surface area contributed by atoms with Crippen molar-refractivity contribution in [3.63, 3.8) is 0 Å². The number of nitrogens with one attached hydrogen (secondary N) is 1. The Morgan fingerprint density at radius 1 is 1.32 bits per heavy atom. The summed E-state index contributed by atoms with van der Waals surface area (Å²) in [6.07, 6.45) is 1.48. The maximum Gasteiger partial charge on any atom is 0.328 e. The van der Waals surface area contributed by atoms with Crippen LogP contribution in [0.25, 0.3) is 11.3 Å². The number of nitrogens with zero attached hydrogens (tertiary/aromatic N) is 2. The van der Waals surface area contributed by atoms with E-state index in [1.165, 1.54) is 25.4 Å². The van der Waals surface area contributed by atoms with Gasteiger partial charge in [0.25, 0.3) is 0 Å². The second kappa shape index (κ2) is 5.53. The first-order valence-electron chi connectivity index (χ1n) is 5.61. The fraction of sp³-hybridized carbons (Fsp3) is 0.154. The molecule has 2 aromatic rings. The lowest BCUT2D eigenvalue weighted by molar-refractivity contribution is -0.139. The van der Waals surface area contributed by atoms with Gasteiger partial charge >= 0.3 is 5.97 Å². The predicted octanol–water partition coefficient (Wildman–Crippen LogP) is 1.63. The molecule has 0 radical (unpaired) electrons. The van der Waals surface area contributed by atoms with Crippen LogP contribution in [-0.4, -0.2) is 28.1 Å². The minimum absolute atomic E-state index is 0.164. The van der Waals surface area contributed by atoms with Crippen LogP contribution in [0.5, 0.6) is 0 Å². The van der Waals surface area contributed by atoms with E-state index in [9.17, 15) is 9.18 Å². The van der Waals surface area contributed by atoms with Crippen LogP contribution in [-0.2, 0) is 4.79 Å². The van der Waals surface area contributed by atoms with E-state index in [2.05, 4.69) is 15.3 Å². The molecule has 0 fully saturated rings. The van der Waals surface area contributed by atoms with Gasteiger partial charge in [-0.15, -0.1) is 0 Å². The van der Waals surface area contributed by atoms with Gasteiger partial charge in [0.1, 0.15) is 5.82 Å². The average molecular weight is 261 g/mol. The molecular weight excluding hydrogens is 249 g/mol. The van der Waals surface area contributed by atoms with Gasteiger partial charge in [0, 0.05) is 11.8 Å². The number of aliphatic carboxylic acids is 1. The molecule has 2 rings (SSSR count). The summed E-state index contributed by atoms with van der Waals surface area (Å²) < 4.78 is 12.8. The summed E-state index contributed by atoms with van der Waals surface area (Å²) in [5.41, 5.74) is 1.25. The van der Waals surface area contributed by atoms with Gasteiger partial charge in [0.2, 0.25) is 0 Å². The molecule has 0 spiro atoms. The molecule has 0 amide bonds. The number of carboxylic acid groups (broad SMARTS) is 1. The monoisotopic (exact) mass is 261 g/mol. The second-order valence-corrected chi connectivity index (χ2v) is 3.87. The number of hydrogen-bond acceptors (Lipinski definition) is 4. The van der Waals surface area contributed by atoms with Crippen molar-refractivity contribution < 1.29 is 14.3 Å². The summed E-state index contributed by atoms with van der Waals surface area (Å²) in [5, 5.41) is 11.7. The standard InChI is InChI=1S/C13H12FN3O2/c1-15-11(13(18)19)12-16-7-6-10(17-12)8-2-4-9(14)5-3-8/h2-7,11,15H,1H3,(H,18,19). The fourth-order valence-electron chi connectivity index (χ4n) is 1.66. The minimum Gasteiger partial charge on any atom is -0.480 e. The normalized spacial score (nSPS) is 12.1. The Labute approximate surface area is 109 Å². The topological polar surface area (TPSA) is 75.1 Å². The summed E-state index contributed by atoms with van der Waals surface area (Å²) in [4.78, 5) is 19.2. The Bertz CT molecular complexity index is 587. The summed E-state index contributed by atoms with van der Waals surface area (Å²) in [6.45, 7) is 0. The number of carbonyl (C=O) groups is 1. The molecular formula is C13H12FN3O2. The highest BCUT2D eigenvalue weighted by Gasteiger charge is 2.20. The Balaban J connectivity index is 2.38. The molecule has 98 valence electrons. The van der Waals surface area contributed by atoms with Gasteiger partial charge in [-0.25, -0.2) is 14.4 Å². The van der Waals surface area contributed by atoms with Crippen LogP contribution in [0.4, 0.5) is 4.39 Å². The predicted molar refractivity (Wildman–Crippen MR) is 66.9 cm³/mol. The van der Waals surface area contributed by atoms with Gasteiger partial charge in [-0.3, -0.25) is 4.79 Å². The van der Waals surface area contributed by atoms with E-state index >= 15 is 0 Å². The van der Waals surface area contributed by atoms with E-state index in [1.807, 2.05) is 0 Å². The van der Waals surface area contributed by atoms with Gasteiger partial charge in [-0.1, -0.05) is 0 Å². The van der Waals surface area contributed by atoms with E-state index in [1.54, 1.807) is 18.2 Å². The van der Waals surface area contributed by atoms with Crippen LogP contribution < -0.4 is 5.32 Å². The molecule has 1 atom stereocenters. The summed E-state index contributed by atoms with van der Waals surface area (Å²) in [6, 6.07) is 6.48. The highest BCUT2D eigenvalue weighted by Crippen LogP contribution is 2.18. The van der Waals surface area contributed by atoms with Gasteiger partial charge in [-0.2, -0.15) is 0 Å². The van der Waals surface area contributed by atoms with Crippen LogP contribution in [0.3, 0.4) is 0 Å². The van der Waals surface area contributed by atoms with E-state index < -0.39 is 12.0 Å². The van der Waals surface area contributed by atoms with Crippen molar-refractivity contribution in [1.82, 2.24) is 15.3 Å². The first-order chi connectivity index (χ1) is 9.11. The van der Waals surface area contributed by atoms with Crippen molar-refractivity contribution in [3.05, 3.63) is 48.2 Å². The highest BCUT2D eigenvalue weighted by molar-refractivity contribution is 5.74. The SMILES string of the molecule is CNC(C(=O)O)c1nccc(-c2ccc(F)cc2)n1. The van der Waals surface area contributed by atoms with Crippen LogP contribution in [0.15, 0.2) is 36.5 Å². The largest absolute Gasteiger partial charge is 0.480 e. The van der Waals surface area contributed by atoms with E-state index in [4.69, 9.17) is 5.11 Å². The van der Waals surface area contributed by atoms with Gasteiger partial charge in [0.15, 0.2) is 11.9 Å². The zero-order valence-electron chi connectivity index (χ0n) is 10.2. The Hall–Kier alpha value is -2.34. The molecule has 1 aromatic heterocycles. The molecule has 1 aromatic carbocycles. The smallest absolute Gasteiger partial charge is 0.328 e. The highest BCUT2D eigenvalue weighted by atomic mass is 19.1. The molecule has 19 heavy (non-hydrogen) atoms. The number of carboxylic acids is 1. The lowest BCUT2D eigenvalue weighted by Gasteiger charge is -2.10. The second-order valence-electron chi connectivity index (χ2n) is 3.87. The number of rotatable bonds is 4. The lowest BCUT2D eigenvalue weighted by atomic mass is 10.1. The Morgan fingerprint density at radius 2 is 2.00 bits per heavy atom. The van der Waals surface area contributed by atoms with Crippen LogP contribution >= 0.6 is 0 Å². The van der Waals surface area contributed by atoms with E-state index in [0.717, 1.165) is 0 Å². The van der Waals surface area contributed by atoms with Crippen molar-refractivity contribution in [2.45, 2.75) is 6.04 Å². The maximum absolute atomic E-state index is 12.8. The van der Waals surface area contributed by atoms with Crippen LogP contribution in [0.1, 0.15) is 11.9 Å². The Morgan fingerprint density at radius 3 is 2.58 bits per heavy atom. The molecule has 1 unspecified atom stereocenters. The Kier molecular flexibility index (Phi) is 3.82. The summed E-state index contributed by atoms with van der Waals surface area (Å²) in [5.74, 6) is -1.23. The van der Waals surface area contributed by atoms with Gasteiger partial charge in [-0.05, 0) is 37.4 Å². The number of likely N-dealkylation sites (N-methyl/N-ethyl adjacent to an activating group) is 1. The van der Waals surface area contributed by atoms with Crippen molar-refractivity contribution in [3.8, 4) is 11.3 Å². The van der Waals surface area contributed by atoms with Crippen molar-refractivity contribution >= 4 is 5.97 Å². The minimum atomic E-state index is -1.06. The molecule has 0 bridgehead atoms. The molecule has 6 heteroatoms. The quantitative estimate of drug-likeness (QED) is 0.874. The van der Waals surface area contributed by atoms with Gasteiger partial charge < -0.3 is 10.4 Å². The summed E-state index contributed by atoms with van der Waals surface area (Å²) in [7, 11) is 1.52. The third kappa shape index (κ3) is 2.92. The zero-order valence-corrected chi connectivity index (χ0v) is 10.2. The molecule has 1 heterocycles. The number of aromatic nitrogens is 2. The number of benzene rings is 1. The molecule has 0 aliphatic heterocycles. The van der Waals surface area contributed by atoms with Crippen LogP contribution in [0, 0.1) is 5.82 Å². The van der Waals surface area contributed by atoms with Gasteiger partial charge in [0.05, 0.1) is 5.69 Å². The zero-order chi connectivity index (χ0) is 13.8. The van der Waals surface area contributed by atoms with Crippen molar-refractivity contribution in [2.75, 3.05) is 7.05 Å². The third-order valence-corrected chi connectivity index (χ3v) is 2.61. The molecule has 0 aliphatic rings. The average Bonchev–Trinajstić information content (AvgIpc) is 2.40. The van der Waals surface area contributed by atoms with E-state index in [-0.39, 0.29) is 11.6 Å². The molecule has 0 saturated carbocycles. The first kappa shape index (κ1) is 13.1. The molecule has 0 aliphatic carbocycles. The fourth-order valence-corrected chi connectivity index (χ4v) is 1.66. The number of halogens is 1. The molecule has 2 N–H and O–H groups in total. The summed E-state index contributed by atoms with van der Waals surface area (Å²) >= 11 is 0. The third-order valence-electron chi connectivity index (χ3n) is 2.61. The van der Waals surface area contributed by atoms with Crippen molar-refractivity contribution in [1.29, 1.82) is 0 Å². The molecule has 5 nitrogen and oxygen atoms in total. The first-order valence-corrected chi connectivity index (χ1v) is 5.61. The van der Waals surface area contributed by atoms with Crippen molar-refractivity contribution in [2.24, 2.45) is 0 Å². The maximum atomic E-state index is 12.8. The van der Waals surface area contributed by atoms with Crippen LogP contribution in [0.2, 0.25) is 0 Å². The van der Waals surface area contributed by atoms with E-state index in [0.29, 0.717) is 11.3 Å². The molecule has 0 saturated heterocycles.